The first kappa shape index (κ1) is 10.5. The quantitative estimate of drug-likeness (QED) is 0.821. The van der Waals surface area contributed by atoms with Gasteiger partial charge in [-0.3, -0.25) is 4.79 Å². The van der Waals surface area contributed by atoms with Gasteiger partial charge in [0.25, 0.3) is 0 Å². The van der Waals surface area contributed by atoms with Crippen LogP contribution in [0.3, 0.4) is 0 Å². The van der Waals surface area contributed by atoms with Gasteiger partial charge in [-0.15, -0.1) is 0 Å². The monoisotopic (exact) mass is 278 g/mol. The molecule has 84 valence electrons. The highest BCUT2D eigenvalue weighted by Crippen LogP contribution is 2.71. The molecule has 2 fully saturated rings. The number of halogens is 1. The topological polar surface area (TPSA) is 17.1 Å². The van der Waals surface area contributed by atoms with Crippen LogP contribution in [0.1, 0.15) is 38.2 Å². The summed E-state index contributed by atoms with van der Waals surface area (Å²) in [5.41, 5.74) is 1.56. The molecule has 0 spiro atoms. The number of carbonyl (C=O) groups excluding carboxylic acids is 1. The lowest BCUT2D eigenvalue weighted by Crippen LogP contribution is -2.28. The molecule has 0 N–H and O–H groups in total. The van der Waals surface area contributed by atoms with Crippen molar-refractivity contribution in [2.24, 2.45) is 5.41 Å². The fourth-order valence-corrected chi connectivity index (χ4v) is 3.49. The van der Waals surface area contributed by atoms with Gasteiger partial charge in [0.2, 0.25) is 0 Å². The van der Waals surface area contributed by atoms with Crippen molar-refractivity contribution in [1.29, 1.82) is 0 Å². The maximum atomic E-state index is 11.8. The molecule has 0 radical (unpaired) electrons. The maximum Gasteiger partial charge on any atom is 0.136 e. The summed E-state index contributed by atoms with van der Waals surface area (Å²) in [5, 5.41) is 0. The molecular formula is C14H15BrO. The van der Waals surface area contributed by atoms with E-state index in [1.807, 2.05) is 0 Å². The van der Waals surface area contributed by atoms with E-state index in [2.05, 4.69) is 40.2 Å². The number of hydrogen-bond acceptors (Lipinski definition) is 1. The molecular weight excluding hydrogens is 264 g/mol. The summed E-state index contributed by atoms with van der Waals surface area (Å²) in [4.78, 5) is 11.8. The Morgan fingerprint density at radius 1 is 1.12 bits per heavy atom. The van der Waals surface area contributed by atoms with Crippen LogP contribution in [-0.4, -0.2) is 5.78 Å². The van der Waals surface area contributed by atoms with Crippen LogP contribution >= 0.6 is 15.9 Å². The van der Waals surface area contributed by atoms with Gasteiger partial charge in [0, 0.05) is 15.3 Å². The maximum absolute atomic E-state index is 11.8. The number of ketones is 1. The van der Waals surface area contributed by atoms with E-state index < -0.39 is 0 Å². The summed E-state index contributed by atoms with van der Waals surface area (Å²) >= 11 is 3.46. The Morgan fingerprint density at radius 2 is 1.69 bits per heavy atom. The molecule has 0 heterocycles. The highest BCUT2D eigenvalue weighted by molar-refractivity contribution is 9.10. The first-order chi connectivity index (χ1) is 7.61. The zero-order valence-corrected chi connectivity index (χ0v) is 11.0. The molecule has 2 heteroatoms. The van der Waals surface area contributed by atoms with Gasteiger partial charge in [-0.1, -0.05) is 28.1 Å². The second-order valence-corrected chi connectivity index (χ2v) is 6.14. The van der Waals surface area contributed by atoms with Crippen LogP contribution in [0.15, 0.2) is 28.7 Å². The van der Waals surface area contributed by atoms with Crippen molar-refractivity contribution in [1.82, 2.24) is 0 Å². The highest BCUT2D eigenvalue weighted by atomic mass is 79.9. The molecule has 0 bridgehead atoms. The second-order valence-electron chi connectivity index (χ2n) is 5.23. The summed E-state index contributed by atoms with van der Waals surface area (Å²) in [6.45, 7) is 1.77. The minimum atomic E-state index is 0.000823. The van der Waals surface area contributed by atoms with E-state index in [1.165, 1.54) is 18.4 Å². The molecule has 16 heavy (non-hydrogen) atoms. The molecule has 1 nitrogen and oxygen atoms in total. The Labute approximate surface area is 104 Å². The molecule has 1 aromatic carbocycles. The predicted molar refractivity (Wildman–Crippen MR) is 67.4 cm³/mol. The van der Waals surface area contributed by atoms with Crippen LogP contribution in [0, 0.1) is 5.41 Å². The highest BCUT2D eigenvalue weighted by Gasteiger charge is 2.68. The van der Waals surface area contributed by atoms with Gasteiger partial charge in [0.1, 0.15) is 5.78 Å². The van der Waals surface area contributed by atoms with E-state index >= 15 is 0 Å². The normalized spacial score (nSPS) is 23.9. The summed E-state index contributed by atoms with van der Waals surface area (Å²) in [5.74, 6) is 0.396. The van der Waals surface area contributed by atoms with Crippen LogP contribution in [0.5, 0.6) is 0 Å². The Kier molecular flexibility index (Phi) is 2.10. The first-order valence-corrected chi connectivity index (χ1v) is 6.67. The standard InChI is InChI=1S/C14H15BrO/c1-10(16)13(6-7-13)14(8-9-14)11-2-4-12(15)5-3-11/h2-5H,6-9H2,1H3. The van der Waals surface area contributed by atoms with Crippen LogP contribution in [0.2, 0.25) is 0 Å². The molecule has 3 rings (SSSR count). The van der Waals surface area contributed by atoms with E-state index in [1.54, 1.807) is 6.92 Å². The third kappa shape index (κ3) is 1.26. The molecule has 0 unspecified atom stereocenters. The minimum absolute atomic E-state index is 0.000823. The van der Waals surface area contributed by atoms with Crippen LogP contribution < -0.4 is 0 Å². The average molecular weight is 279 g/mol. The van der Waals surface area contributed by atoms with Crippen LogP contribution in [0.4, 0.5) is 0 Å². The Hall–Kier alpha value is -0.630. The van der Waals surface area contributed by atoms with E-state index in [4.69, 9.17) is 0 Å². The summed E-state index contributed by atoms with van der Waals surface area (Å²) in [6, 6.07) is 8.54. The van der Waals surface area contributed by atoms with Crippen molar-refractivity contribution in [3.63, 3.8) is 0 Å². The van der Waals surface area contributed by atoms with Gasteiger partial charge >= 0.3 is 0 Å². The lowest BCUT2D eigenvalue weighted by molar-refractivity contribution is -0.123. The number of benzene rings is 1. The minimum Gasteiger partial charge on any atom is -0.299 e. The molecule has 2 aliphatic carbocycles. The molecule has 2 aliphatic rings. The zero-order chi connectivity index (χ0) is 11.4. The molecule has 1 aromatic rings. The van der Waals surface area contributed by atoms with Crippen LogP contribution in [-0.2, 0) is 10.2 Å². The zero-order valence-electron chi connectivity index (χ0n) is 9.42. The fraction of sp³-hybridized carbons (Fsp3) is 0.500. The van der Waals surface area contributed by atoms with Gasteiger partial charge in [-0.05, 0) is 50.3 Å². The van der Waals surface area contributed by atoms with Crippen molar-refractivity contribution in [2.45, 2.75) is 38.0 Å². The Morgan fingerprint density at radius 3 is 2.06 bits per heavy atom. The fourth-order valence-electron chi connectivity index (χ4n) is 3.23. The van der Waals surface area contributed by atoms with E-state index in [9.17, 15) is 4.79 Å². The van der Waals surface area contributed by atoms with Gasteiger partial charge in [-0.25, -0.2) is 0 Å². The summed E-state index contributed by atoms with van der Waals surface area (Å²) in [7, 11) is 0. The average Bonchev–Trinajstić information content (AvgIpc) is 3.12. The lowest BCUT2D eigenvalue weighted by Gasteiger charge is -2.25. The van der Waals surface area contributed by atoms with E-state index in [0.29, 0.717) is 5.78 Å². The van der Waals surface area contributed by atoms with Gasteiger partial charge in [0.15, 0.2) is 0 Å². The smallest absolute Gasteiger partial charge is 0.136 e. The largest absolute Gasteiger partial charge is 0.299 e. The van der Waals surface area contributed by atoms with Gasteiger partial charge in [0.05, 0.1) is 0 Å². The second kappa shape index (κ2) is 3.19. The Balaban J connectivity index is 2.00. The molecule has 2 saturated carbocycles. The van der Waals surface area contributed by atoms with Crippen molar-refractivity contribution in [2.75, 3.05) is 0 Å². The molecule has 0 amide bonds. The number of hydrogen-bond donors (Lipinski definition) is 0. The third-order valence-electron chi connectivity index (χ3n) is 4.49. The summed E-state index contributed by atoms with van der Waals surface area (Å²) < 4.78 is 1.11. The van der Waals surface area contributed by atoms with Gasteiger partial charge < -0.3 is 0 Å². The number of Topliss-reactive ketones (excluding diaryl/α,β-unsaturated/α-hetero) is 1. The van der Waals surface area contributed by atoms with Crippen molar-refractivity contribution < 1.29 is 4.79 Å². The van der Waals surface area contributed by atoms with Crippen molar-refractivity contribution in [3.8, 4) is 0 Å². The van der Waals surface area contributed by atoms with E-state index in [0.717, 1.165) is 17.3 Å². The third-order valence-corrected chi connectivity index (χ3v) is 5.02. The SMILES string of the molecule is CC(=O)C1(C2(c3ccc(Br)cc3)CC2)CC1. The number of carbonyl (C=O) groups is 1. The van der Waals surface area contributed by atoms with E-state index in [-0.39, 0.29) is 10.8 Å². The Bertz CT molecular complexity index is 438. The summed E-state index contributed by atoms with van der Waals surface area (Å²) in [6.07, 6.45) is 4.57. The molecule has 0 atom stereocenters. The van der Waals surface area contributed by atoms with Crippen molar-refractivity contribution >= 4 is 21.7 Å². The molecule has 0 aromatic heterocycles. The molecule has 0 saturated heterocycles. The lowest BCUT2D eigenvalue weighted by atomic mass is 9.77. The first-order valence-electron chi connectivity index (χ1n) is 5.88. The van der Waals surface area contributed by atoms with Gasteiger partial charge in [-0.2, -0.15) is 0 Å². The predicted octanol–water partition coefficient (Wildman–Crippen LogP) is 3.85. The van der Waals surface area contributed by atoms with Crippen LogP contribution in [0.25, 0.3) is 0 Å². The number of rotatable bonds is 3. The molecule has 0 aliphatic heterocycles. The van der Waals surface area contributed by atoms with Crippen molar-refractivity contribution in [3.05, 3.63) is 34.3 Å².